The van der Waals surface area contributed by atoms with Crippen LogP contribution in [0.5, 0.6) is 5.75 Å². The molecule has 0 bridgehead atoms. The van der Waals surface area contributed by atoms with Gasteiger partial charge in [-0.3, -0.25) is 9.89 Å². The van der Waals surface area contributed by atoms with Crippen molar-refractivity contribution in [3.05, 3.63) is 126 Å². The molecular weight excluding hydrogens is 486 g/mol. The molecule has 0 radical (unpaired) electrons. The van der Waals surface area contributed by atoms with Crippen molar-refractivity contribution in [1.29, 1.82) is 0 Å². The first-order chi connectivity index (χ1) is 19.1. The summed E-state index contributed by atoms with van der Waals surface area (Å²) < 4.78 is 7.56. The Balaban J connectivity index is 1.27. The number of aryl methyl sites for hydroxylation is 1. The van der Waals surface area contributed by atoms with E-state index in [9.17, 15) is 4.79 Å². The average molecular weight is 514 g/mol. The minimum Gasteiger partial charge on any atom is -0.496 e. The fraction of sp³-hybridized carbons (Fsp3) is 0.0938. The third-order valence-corrected chi connectivity index (χ3v) is 6.86. The van der Waals surface area contributed by atoms with Gasteiger partial charge >= 0.3 is 0 Å². The van der Waals surface area contributed by atoms with Crippen LogP contribution in [0.15, 0.2) is 104 Å². The van der Waals surface area contributed by atoms with Gasteiger partial charge in [0, 0.05) is 53.6 Å². The first kappa shape index (κ1) is 24.2. The third-order valence-electron chi connectivity index (χ3n) is 6.86. The van der Waals surface area contributed by atoms with Crippen molar-refractivity contribution < 1.29 is 9.53 Å². The molecule has 7 heteroatoms. The SMILES string of the molecule is COc1cc(Cc2cc(-c3cccc(C(=O)Nc4ccc(-c5cn[nH]c5)cc4)c3)cn3ccnc23)ccc1C. The van der Waals surface area contributed by atoms with Crippen molar-refractivity contribution >= 4 is 17.2 Å². The van der Waals surface area contributed by atoms with Gasteiger partial charge in [-0.15, -0.1) is 0 Å². The number of rotatable bonds is 7. The number of anilines is 1. The lowest BCUT2D eigenvalue weighted by Crippen LogP contribution is -2.11. The lowest BCUT2D eigenvalue weighted by atomic mass is 9.99. The van der Waals surface area contributed by atoms with Gasteiger partial charge in [0.15, 0.2) is 0 Å². The molecule has 0 aliphatic carbocycles. The van der Waals surface area contributed by atoms with Crippen molar-refractivity contribution in [2.75, 3.05) is 12.4 Å². The average Bonchev–Trinajstić information content (AvgIpc) is 3.67. The van der Waals surface area contributed by atoms with E-state index in [0.717, 1.165) is 56.0 Å². The lowest BCUT2D eigenvalue weighted by Gasteiger charge is -2.12. The number of carbonyl (C=O) groups is 1. The molecule has 39 heavy (non-hydrogen) atoms. The number of hydrogen-bond donors (Lipinski definition) is 2. The molecule has 0 aliphatic rings. The van der Waals surface area contributed by atoms with Gasteiger partial charge in [0.1, 0.15) is 11.4 Å². The number of fused-ring (bicyclic) bond motifs is 1. The maximum atomic E-state index is 13.1. The highest BCUT2D eigenvalue weighted by Crippen LogP contribution is 2.28. The van der Waals surface area contributed by atoms with Gasteiger partial charge in [-0.05, 0) is 71.1 Å². The number of benzene rings is 3. The Labute approximate surface area is 226 Å². The normalized spacial score (nSPS) is 11.0. The van der Waals surface area contributed by atoms with Crippen molar-refractivity contribution in [1.82, 2.24) is 19.6 Å². The van der Waals surface area contributed by atoms with Gasteiger partial charge < -0.3 is 14.5 Å². The smallest absolute Gasteiger partial charge is 0.255 e. The number of carbonyl (C=O) groups excluding carboxylic acids is 1. The van der Waals surface area contributed by atoms with E-state index in [-0.39, 0.29) is 5.91 Å². The molecule has 1 amide bonds. The second kappa shape index (κ2) is 10.3. The summed E-state index contributed by atoms with van der Waals surface area (Å²) >= 11 is 0. The second-order valence-corrected chi connectivity index (χ2v) is 9.49. The number of ether oxygens (including phenoxy) is 1. The van der Waals surface area contributed by atoms with Crippen LogP contribution in [0.2, 0.25) is 0 Å². The molecule has 0 aliphatic heterocycles. The summed E-state index contributed by atoms with van der Waals surface area (Å²) in [6.07, 6.45) is 10.1. The molecule has 0 saturated carbocycles. The van der Waals surface area contributed by atoms with Gasteiger partial charge in [0.2, 0.25) is 0 Å². The predicted molar refractivity (Wildman–Crippen MR) is 153 cm³/mol. The lowest BCUT2D eigenvalue weighted by molar-refractivity contribution is 0.102. The summed E-state index contributed by atoms with van der Waals surface area (Å²) in [6.45, 7) is 2.04. The Morgan fingerprint density at radius 2 is 1.85 bits per heavy atom. The number of aromatic amines is 1. The van der Waals surface area contributed by atoms with Gasteiger partial charge in [-0.25, -0.2) is 4.98 Å². The van der Waals surface area contributed by atoms with E-state index in [1.807, 2.05) is 78.4 Å². The zero-order chi connectivity index (χ0) is 26.8. The summed E-state index contributed by atoms with van der Waals surface area (Å²) in [7, 11) is 1.69. The fourth-order valence-electron chi connectivity index (χ4n) is 4.79. The molecule has 0 atom stereocenters. The maximum Gasteiger partial charge on any atom is 0.255 e. The number of hydrogen-bond acceptors (Lipinski definition) is 4. The standard InChI is InChI=1S/C32H27N5O2/c1-21-6-7-22(15-30(21)39-2)14-26-17-27(20-37-13-12-33-31(26)37)24-4-3-5-25(16-24)32(38)36-29-10-8-23(9-11-29)28-18-34-35-19-28/h3-13,15-20H,14H2,1-2H3,(H,34,35)(H,36,38). The Hall–Kier alpha value is -5.17. The van der Waals surface area contributed by atoms with Crippen LogP contribution in [-0.2, 0) is 6.42 Å². The van der Waals surface area contributed by atoms with E-state index in [0.29, 0.717) is 12.0 Å². The number of nitrogens with one attached hydrogen (secondary N) is 2. The van der Waals surface area contributed by atoms with Gasteiger partial charge in [0.05, 0.1) is 13.3 Å². The maximum absolute atomic E-state index is 13.1. The Kier molecular flexibility index (Phi) is 6.39. The summed E-state index contributed by atoms with van der Waals surface area (Å²) in [5, 5.41) is 9.81. The minimum absolute atomic E-state index is 0.163. The number of aromatic nitrogens is 4. The zero-order valence-electron chi connectivity index (χ0n) is 21.7. The fourth-order valence-corrected chi connectivity index (χ4v) is 4.79. The zero-order valence-corrected chi connectivity index (χ0v) is 21.7. The molecule has 7 nitrogen and oxygen atoms in total. The predicted octanol–water partition coefficient (Wildman–Crippen LogP) is 6.55. The largest absolute Gasteiger partial charge is 0.496 e. The van der Waals surface area contributed by atoms with Crippen LogP contribution in [-0.4, -0.2) is 32.6 Å². The summed E-state index contributed by atoms with van der Waals surface area (Å²) in [5.74, 6) is 0.710. The number of nitrogens with zero attached hydrogens (tertiary/aromatic N) is 3. The highest BCUT2D eigenvalue weighted by atomic mass is 16.5. The topological polar surface area (TPSA) is 84.3 Å². The molecule has 0 spiro atoms. The first-order valence-corrected chi connectivity index (χ1v) is 12.7. The monoisotopic (exact) mass is 513 g/mol. The molecular formula is C32H27N5O2. The van der Waals surface area contributed by atoms with E-state index in [4.69, 9.17) is 4.74 Å². The van der Waals surface area contributed by atoms with Crippen LogP contribution in [0.25, 0.3) is 27.9 Å². The second-order valence-electron chi connectivity index (χ2n) is 9.49. The molecule has 0 saturated heterocycles. The molecule has 3 aromatic carbocycles. The quantitative estimate of drug-likeness (QED) is 0.253. The third kappa shape index (κ3) is 5.02. The Bertz CT molecular complexity index is 1770. The number of H-pyrrole nitrogens is 1. The van der Waals surface area contributed by atoms with Crippen molar-refractivity contribution in [3.8, 4) is 28.0 Å². The number of methoxy groups -OCH3 is 1. The Morgan fingerprint density at radius 1 is 0.974 bits per heavy atom. The number of pyridine rings is 1. The molecule has 6 rings (SSSR count). The molecule has 3 aromatic heterocycles. The van der Waals surface area contributed by atoms with Crippen LogP contribution >= 0.6 is 0 Å². The van der Waals surface area contributed by atoms with Crippen LogP contribution in [0.1, 0.15) is 27.0 Å². The number of amides is 1. The van der Waals surface area contributed by atoms with E-state index >= 15 is 0 Å². The van der Waals surface area contributed by atoms with E-state index in [1.54, 1.807) is 19.5 Å². The summed E-state index contributed by atoms with van der Waals surface area (Å²) in [5.41, 5.74) is 9.55. The van der Waals surface area contributed by atoms with Gasteiger partial charge in [0.25, 0.3) is 5.91 Å². The van der Waals surface area contributed by atoms with E-state index in [2.05, 4.69) is 44.8 Å². The van der Waals surface area contributed by atoms with E-state index in [1.165, 1.54) is 0 Å². The molecule has 192 valence electrons. The van der Waals surface area contributed by atoms with Crippen LogP contribution < -0.4 is 10.1 Å². The minimum atomic E-state index is -0.163. The number of imidazole rings is 1. The molecule has 6 aromatic rings. The van der Waals surface area contributed by atoms with Crippen molar-refractivity contribution in [2.24, 2.45) is 0 Å². The Morgan fingerprint density at radius 3 is 2.64 bits per heavy atom. The molecule has 3 heterocycles. The van der Waals surface area contributed by atoms with Crippen LogP contribution in [0, 0.1) is 6.92 Å². The van der Waals surface area contributed by atoms with Crippen LogP contribution in [0.3, 0.4) is 0 Å². The van der Waals surface area contributed by atoms with Crippen molar-refractivity contribution in [3.63, 3.8) is 0 Å². The molecule has 2 N–H and O–H groups in total. The van der Waals surface area contributed by atoms with Crippen molar-refractivity contribution in [2.45, 2.75) is 13.3 Å². The van der Waals surface area contributed by atoms with Gasteiger partial charge in [-0.1, -0.05) is 36.4 Å². The van der Waals surface area contributed by atoms with Crippen LogP contribution in [0.4, 0.5) is 5.69 Å². The molecule has 0 fully saturated rings. The summed E-state index contributed by atoms with van der Waals surface area (Å²) in [4.78, 5) is 17.7. The summed E-state index contributed by atoms with van der Waals surface area (Å²) in [6, 6.07) is 23.8. The molecule has 0 unspecified atom stereocenters. The highest BCUT2D eigenvalue weighted by molar-refractivity contribution is 6.05. The highest BCUT2D eigenvalue weighted by Gasteiger charge is 2.12. The van der Waals surface area contributed by atoms with Gasteiger partial charge in [-0.2, -0.15) is 5.10 Å². The first-order valence-electron chi connectivity index (χ1n) is 12.7. The van der Waals surface area contributed by atoms with E-state index < -0.39 is 0 Å².